The maximum Gasteiger partial charge on any atom is 0.0402 e. The zero-order chi connectivity index (χ0) is 5.41. The molecule has 0 rings (SSSR count). The standard InChI is InChI=1S/2C2H6O.2ClH/c2*1-2-3;;/h2*3H,2H2,1H3;2*1H. The highest BCUT2D eigenvalue weighted by molar-refractivity contribution is 5.85. The van der Waals surface area contributed by atoms with Crippen molar-refractivity contribution in [2.24, 2.45) is 0 Å². The van der Waals surface area contributed by atoms with Crippen LogP contribution in [-0.4, -0.2) is 23.4 Å². The van der Waals surface area contributed by atoms with Crippen molar-refractivity contribution in [1.29, 1.82) is 0 Å². The first-order valence-corrected chi connectivity index (χ1v) is 2.05. The Morgan fingerprint density at radius 3 is 0.875 bits per heavy atom. The molecule has 0 aliphatic rings. The first-order valence-electron chi connectivity index (χ1n) is 2.05. The molecule has 0 radical (unpaired) electrons. The Kier molecular flexibility index (Phi) is 150. The van der Waals surface area contributed by atoms with Crippen molar-refractivity contribution in [1.82, 2.24) is 0 Å². The molecule has 0 aliphatic heterocycles. The molecule has 4 heteroatoms. The van der Waals surface area contributed by atoms with E-state index in [0.29, 0.717) is 0 Å². The van der Waals surface area contributed by atoms with Crippen LogP contribution in [0.2, 0.25) is 0 Å². The van der Waals surface area contributed by atoms with Crippen LogP contribution in [0.3, 0.4) is 0 Å². The van der Waals surface area contributed by atoms with Crippen LogP contribution in [-0.2, 0) is 0 Å². The van der Waals surface area contributed by atoms with E-state index in [1.165, 1.54) is 0 Å². The second kappa shape index (κ2) is 50.7. The molecule has 2 N–H and O–H groups in total. The quantitative estimate of drug-likeness (QED) is 0.558. The molecule has 0 bridgehead atoms. The Morgan fingerprint density at radius 1 is 0.875 bits per heavy atom. The summed E-state index contributed by atoms with van der Waals surface area (Å²) < 4.78 is 0. The van der Waals surface area contributed by atoms with E-state index in [1.807, 2.05) is 0 Å². The van der Waals surface area contributed by atoms with E-state index in [9.17, 15) is 0 Å². The van der Waals surface area contributed by atoms with Crippen molar-refractivity contribution < 1.29 is 10.2 Å². The predicted molar refractivity (Wildman–Crippen MR) is 40.0 cm³/mol. The molecule has 0 aromatic heterocycles. The molecule has 0 saturated heterocycles. The van der Waals surface area contributed by atoms with Gasteiger partial charge in [0.15, 0.2) is 0 Å². The zero-order valence-electron chi connectivity index (χ0n) is 5.13. The average molecular weight is 165 g/mol. The van der Waals surface area contributed by atoms with Gasteiger partial charge < -0.3 is 10.2 Å². The zero-order valence-corrected chi connectivity index (χ0v) is 6.76. The van der Waals surface area contributed by atoms with E-state index in [2.05, 4.69) is 0 Å². The van der Waals surface area contributed by atoms with E-state index < -0.39 is 0 Å². The van der Waals surface area contributed by atoms with Gasteiger partial charge in [-0.3, -0.25) is 0 Å². The fourth-order valence-electron chi connectivity index (χ4n) is 0. The Balaban J connectivity index is -0.0000000160. The summed E-state index contributed by atoms with van der Waals surface area (Å²) in [6.07, 6.45) is 0. The van der Waals surface area contributed by atoms with Gasteiger partial charge in [0.25, 0.3) is 0 Å². The van der Waals surface area contributed by atoms with Crippen molar-refractivity contribution >= 4 is 24.8 Å². The summed E-state index contributed by atoms with van der Waals surface area (Å²) in [5.41, 5.74) is 0. The summed E-state index contributed by atoms with van der Waals surface area (Å²) in [7, 11) is 0. The van der Waals surface area contributed by atoms with Gasteiger partial charge in [-0.05, 0) is 13.8 Å². The van der Waals surface area contributed by atoms with Gasteiger partial charge in [-0.2, -0.15) is 0 Å². The smallest absolute Gasteiger partial charge is 0.0402 e. The van der Waals surface area contributed by atoms with Crippen molar-refractivity contribution in [2.45, 2.75) is 13.8 Å². The van der Waals surface area contributed by atoms with Gasteiger partial charge in [0.2, 0.25) is 0 Å². The molecule has 0 saturated carbocycles. The van der Waals surface area contributed by atoms with Gasteiger partial charge in [0, 0.05) is 13.2 Å². The number of halogens is 2. The molecule has 0 amide bonds. The molecule has 0 aromatic carbocycles. The molecular formula is C4H14Cl2O2. The number of hydrogen-bond donors (Lipinski definition) is 2. The molecule has 2 nitrogen and oxygen atoms in total. The van der Waals surface area contributed by atoms with Crippen LogP contribution in [0.15, 0.2) is 0 Å². The van der Waals surface area contributed by atoms with Crippen molar-refractivity contribution in [3.8, 4) is 0 Å². The topological polar surface area (TPSA) is 40.5 Å². The lowest BCUT2D eigenvalue weighted by molar-refractivity contribution is 0.318. The monoisotopic (exact) mass is 164 g/mol. The van der Waals surface area contributed by atoms with E-state index in [0.717, 1.165) is 0 Å². The lowest BCUT2D eigenvalue weighted by atomic mass is 10.9. The summed E-state index contributed by atoms with van der Waals surface area (Å²) in [6, 6.07) is 0. The van der Waals surface area contributed by atoms with Gasteiger partial charge in [0.05, 0.1) is 0 Å². The minimum absolute atomic E-state index is 0. The van der Waals surface area contributed by atoms with Crippen LogP contribution in [0.4, 0.5) is 0 Å². The minimum Gasteiger partial charge on any atom is -0.397 e. The third kappa shape index (κ3) is 787. The molecule has 0 aliphatic carbocycles. The molecule has 0 fully saturated rings. The minimum atomic E-state index is 0. The van der Waals surface area contributed by atoms with Gasteiger partial charge in [-0.1, -0.05) is 0 Å². The van der Waals surface area contributed by atoms with Crippen LogP contribution in [0.25, 0.3) is 0 Å². The van der Waals surface area contributed by atoms with E-state index in [4.69, 9.17) is 10.2 Å². The summed E-state index contributed by atoms with van der Waals surface area (Å²) in [4.78, 5) is 0. The third-order valence-electron chi connectivity index (χ3n) is 0. The Hall–Kier alpha value is 0.500. The molecule has 8 heavy (non-hydrogen) atoms. The molecular weight excluding hydrogens is 151 g/mol. The second-order valence-corrected chi connectivity index (χ2v) is 0.632. The molecule has 0 spiro atoms. The van der Waals surface area contributed by atoms with Crippen LogP contribution in [0, 0.1) is 0 Å². The first-order chi connectivity index (χ1) is 2.83. The van der Waals surface area contributed by atoms with Gasteiger partial charge in [-0.25, -0.2) is 0 Å². The van der Waals surface area contributed by atoms with E-state index in [1.54, 1.807) is 13.8 Å². The van der Waals surface area contributed by atoms with E-state index >= 15 is 0 Å². The van der Waals surface area contributed by atoms with Gasteiger partial charge >= 0.3 is 0 Å². The lowest BCUT2D eigenvalue weighted by Gasteiger charge is -1.52. The fraction of sp³-hybridized carbons (Fsp3) is 1.00. The SMILES string of the molecule is CCO.CCO.Cl.Cl. The van der Waals surface area contributed by atoms with Crippen LogP contribution in [0.1, 0.15) is 13.8 Å². The number of aliphatic hydroxyl groups is 2. The second-order valence-electron chi connectivity index (χ2n) is 0.632. The molecule has 56 valence electrons. The van der Waals surface area contributed by atoms with Crippen LogP contribution < -0.4 is 0 Å². The number of rotatable bonds is 0. The highest BCUT2D eigenvalue weighted by atomic mass is 35.5. The number of aliphatic hydroxyl groups excluding tert-OH is 2. The Morgan fingerprint density at radius 2 is 0.875 bits per heavy atom. The fourth-order valence-corrected chi connectivity index (χ4v) is 0. The summed E-state index contributed by atoms with van der Waals surface area (Å²) in [5, 5.41) is 15.1. The maximum absolute atomic E-state index is 7.57. The summed E-state index contributed by atoms with van der Waals surface area (Å²) in [5.74, 6) is 0. The van der Waals surface area contributed by atoms with Gasteiger partial charge in [0.1, 0.15) is 0 Å². The lowest BCUT2D eigenvalue weighted by Crippen LogP contribution is -1.57. The molecule has 0 aromatic rings. The average Bonchev–Trinajstić information content (AvgIpc) is 1.39. The van der Waals surface area contributed by atoms with Gasteiger partial charge in [-0.15, -0.1) is 24.8 Å². The maximum atomic E-state index is 7.57. The molecule has 0 heterocycles. The van der Waals surface area contributed by atoms with Crippen molar-refractivity contribution in [2.75, 3.05) is 13.2 Å². The van der Waals surface area contributed by atoms with Crippen LogP contribution in [0.5, 0.6) is 0 Å². The molecule has 0 unspecified atom stereocenters. The largest absolute Gasteiger partial charge is 0.397 e. The van der Waals surface area contributed by atoms with E-state index in [-0.39, 0.29) is 38.0 Å². The highest BCUT2D eigenvalue weighted by Gasteiger charge is 1.34. The first kappa shape index (κ1) is 23.6. The number of hydrogen-bond acceptors (Lipinski definition) is 2. The van der Waals surface area contributed by atoms with Crippen LogP contribution >= 0.6 is 24.8 Å². The highest BCUT2D eigenvalue weighted by Crippen LogP contribution is 1.30. The predicted octanol–water partition coefficient (Wildman–Crippen LogP) is 0.841. The van der Waals surface area contributed by atoms with Crippen molar-refractivity contribution in [3.05, 3.63) is 0 Å². The normalized spacial score (nSPS) is 4.50. The Bertz CT molecular complexity index is 14.0. The Labute approximate surface area is 62.7 Å². The third-order valence-corrected chi connectivity index (χ3v) is 0. The van der Waals surface area contributed by atoms with Crippen molar-refractivity contribution in [3.63, 3.8) is 0 Å². The molecule has 0 atom stereocenters. The summed E-state index contributed by atoms with van der Waals surface area (Å²) in [6.45, 7) is 3.86. The summed E-state index contributed by atoms with van der Waals surface area (Å²) >= 11 is 0.